The van der Waals surface area contributed by atoms with Gasteiger partial charge < -0.3 is 24.9 Å². The van der Waals surface area contributed by atoms with Gasteiger partial charge in [0.15, 0.2) is 6.79 Å². The molecule has 6 rings (SSSR count). The van der Waals surface area contributed by atoms with Gasteiger partial charge in [-0.1, -0.05) is 50.0 Å². The molecule has 2 fully saturated rings. The van der Waals surface area contributed by atoms with Crippen LogP contribution in [0.2, 0.25) is 0 Å². The number of amides is 1. The number of methoxy groups -OCH3 is 1. The number of hydrogen-bond donors (Lipinski definition) is 4. The number of ether oxygens (including phenoxy) is 1. The molecular formula is C35H41N7O3. The maximum atomic E-state index is 13.5. The zero-order valence-corrected chi connectivity index (χ0v) is 26.1. The van der Waals surface area contributed by atoms with Crippen LogP contribution in [-0.2, 0) is 14.4 Å². The summed E-state index contributed by atoms with van der Waals surface area (Å²) in [4.78, 5) is 36.9. The molecule has 10 heteroatoms. The van der Waals surface area contributed by atoms with E-state index in [1.807, 2.05) is 67.5 Å². The van der Waals surface area contributed by atoms with Crippen molar-refractivity contribution < 1.29 is 14.4 Å². The van der Waals surface area contributed by atoms with E-state index in [2.05, 4.69) is 54.7 Å². The zero-order chi connectivity index (χ0) is 31.2. The molecule has 0 radical (unpaired) electrons. The number of carbonyl (C=O) groups is 1. The first-order valence-corrected chi connectivity index (χ1v) is 15.7. The summed E-state index contributed by atoms with van der Waals surface area (Å²) in [7, 11) is 1.55. The minimum atomic E-state index is -0.467. The largest absolute Gasteiger partial charge is 0.357 e. The summed E-state index contributed by atoms with van der Waals surface area (Å²) < 4.78 is 4.95. The van der Waals surface area contributed by atoms with Gasteiger partial charge in [0.05, 0.1) is 35.9 Å². The van der Waals surface area contributed by atoms with Crippen LogP contribution < -0.4 is 10.8 Å². The van der Waals surface area contributed by atoms with Crippen molar-refractivity contribution in [1.82, 2.24) is 35.6 Å². The van der Waals surface area contributed by atoms with Gasteiger partial charge in [0.1, 0.15) is 17.7 Å². The Kier molecular flexibility index (Phi) is 9.72. The molecule has 234 valence electrons. The lowest BCUT2D eigenvalue weighted by atomic mass is 10.0. The van der Waals surface area contributed by atoms with Crippen LogP contribution in [0.25, 0.3) is 22.5 Å². The van der Waals surface area contributed by atoms with E-state index in [4.69, 9.17) is 9.57 Å². The number of H-pyrrole nitrogens is 2. The molecule has 2 aliphatic rings. The minimum absolute atomic E-state index is 0.00596. The summed E-state index contributed by atoms with van der Waals surface area (Å²) in [5.74, 6) is 8.41. The van der Waals surface area contributed by atoms with Crippen LogP contribution in [0.3, 0.4) is 0 Å². The van der Waals surface area contributed by atoms with Crippen molar-refractivity contribution in [2.24, 2.45) is 5.92 Å². The van der Waals surface area contributed by atoms with Crippen molar-refractivity contribution in [3.8, 4) is 34.4 Å². The van der Waals surface area contributed by atoms with E-state index in [1.54, 1.807) is 7.11 Å². The van der Waals surface area contributed by atoms with E-state index in [0.717, 1.165) is 71.1 Å². The SMILES string of the molecule is COCON[C@H](C(=O)N1CCC[C@H]1c1ncc(-c2ccc(C#Cc3ccc(-c4cnc([C@@H]5CCCN5)[nH]4)cc3)cc2)[nH]1)C(C)C. The van der Waals surface area contributed by atoms with Crippen molar-refractivity contribution in [2.45, 2.75) is 57.7 Å². The monoisotopic (exact) mass is 607 g/mol. The van der Waals surface area contributed by atoms with Crippen LogP contribution in [0.15, 0.2) is 60.9 Å². The van der Waals surface area contributed by atoms with Gasteiger partial charge in [-0.2, -0.15) is 5.48 Å². The second-order valence-corrected chi connectivity index (χ2v) is 12.0. The number of benzene rings is 2. The number of rotatable bonds is 10. The lowest BCUT2D eigenvalue weighted by molar-refractivity contribution is -0.147. The predicted octanol–water partition coefficient (Wildman–Crippen LogP) is 5.10. The van der Waals surface area contributed by atoms with Gasteiger partial charge in [0.25, 0.3) is 0 Å². The molecule has 3 atom stereocenters. The molecular weight excluding hydrogens is 566 g/mol. The normalized spacial score (nSPS) is 18.7. The van der Waals surface area contributed by atoms with Gasteiger partial charge in [-0.05, 0) is 73.5 Å². The fourth-order valence-corrected chi connectivity index (χ4v) is 5.99. The van der Waals surface area contributed by atoms with E-state index in [-0.39, 0.29) is 24.7 Å². The van der Waals surface area contributed by atoms with E-state index in [1.165, 1.54) is 6.42 Å². The average Bonchev–Trinajstić information content (AvgIpc) is 3.89. The molecule has 0 saturated carbocycles. The molecule has 4 heterocycles. The summed E-state index contributed by atoms with van der Waals surface area (Å²) in [6, 6.07) is 16.1. The standard InChI is InChI=1S/C35H41N7O3/c1-23(2)32(41-45-22-44-3)35(43)42-19-5-7-31(42)34-38-21-30(40-34)27-16-12-25(13-17-27)9-8-24-10-14-26(15-11-24)29-20-37-33(39-29)28-6-4-18-36-28/h10-17,20-21,23,28,31-32,36,41H,4-7,18-19,22H2,1-3H3,(H,37,39)(H,38,40)/t28-,31-,32-/m0/s1. The molecule has 4 N–H and O–H groups in total. The Hall–Kier alpha value is -4.27. The number of hydroxylamine groups is 1. The van der Waals surface area contributed by atoms with Gasteiger partial charge in [-0.15, -0.1) is 0 Å². The average molecular weight is 608 g/mol. The number of nitrogens with zero attached hydrogens (tertiary/aromatic N) is 3. The second-order valence-electron chi connectivity index (χ2n) is 12.0. The number of likely N-dealkylation sites (tertiary alicyclic amines) is 1. The molecule has 1 amide bonds. The number of aromatic nitrogens is 4. The molecule has 0 bridgehead atoms. The highest BCUT2D eigenvalue weighted by atomic mass is 16.7. The maximum Gasteiger partial charge on any atom is 0.242 e. The maximum absolute atomic E-state index is 13.5. The van der Waals surface area contributed by atoms with Gasteiger partial charge in [-0.25, -0.2) is 9.97 Å². The molecule has 45 heavy (non-hydrogen) atoms. The second kappa shape index (κ2) is 14.2. The molecule has 2 aromatic carbocycles. The molecule has 0 aliphatic carbocycles. The number of hydrogen-bond acceptors (Lipinski definition) is 7. The van der Waals surface area contributed by atoms with Gasteiger partial charge in [0.2, 0.25) is 5.91 Å². The number of nitrogens with one attached hydrogen (secondary N) is 4. The van der Waals surface area contributed by atoms with Crippen LogP contribution in [0.1, 0.15) is 74.4 Å². The molecule has 2 aromatic heterocycles. The molecule has 0 unspecified atom stereocenters. The van der Waals surface area contributed by atoms with Crippen molar-refractivity contribution in [1.29, 1.82) is 0 Å². The zero-order valence-electron chi connectivity index (χ0n) is 26.1. The summed E-state index contributed by atoms with van der Waals surface area (Å²) in [6.45, 7) is 5.81. The predicted molar refractivity (Wildman–Crippen MR) is 172 cm³/mol. The first-order chi connectivity index (χ1) is 22.0. The topological polar surface area (TPSA) is 120 Å². The van der Waals surface area contributed by atoms with Crippen molar-refractivity contribution in [2.75, 3.05) is 27.0 Å². The molecule has 4 aromatic rings. The highest BCUT2D eigenvalue weighted by Crippen LogP contribution is 2.33. The van der Waals surface area contributed by atoms with Crippen LogP contribution in [-0.4, -0.2) is 63.8 Å². The summed E-state index contributed by atoms with van der Waals surface area (Å²) >= 11 is 0. The smallest absolute Gasteiger partial charge is 0.242 e. The Morgan fingerprint density at radius 2 is 1.56 bits per heavy atom. The van der Waals surface area contributed by atoms with E-state index in [0.29, 0.717) is 12.6 Å². The Bertz CT molecular complexity index is 1630. The van der Waals surface area contributed by atoms with Crippen molar-refractivity contribution >= 4 is 5.91 Å². The highest BCUT2D eigenvalue weighted by molar-refractivity contribution is 5.82. The first kappa shape index (κ1) is 30.7. The third-order valence-electron chi connectivity index (χ3n) is 8.50. The Labute approximate surface area is 264 Å². The van der Waals surface area contributed by atoms with Gasteiger partial charge in [0, 0.05) is 24.8 Å². The van der Waals surface area contributed by atoms with Crippen LogP contribution in [0, 0.1) is 17.8 Å². The van der Waals surface area contributed by atoms with Gasteiger partial charge in [-0.3, -0.25) is 9.63 Å². The number of carbonyl (C=O) groups excluding carboxylic acids is 1. The molecule has 0 spiro atoms. The van der Waals surface area contributed by atoms with Gasteiger partial charge >= 0.3 is 0 Å². The molecule has 2 saturated heterocycles. The summed E-state index contributed by atoms with van der Waals surface area (Å²) in [5.41, 5.74) is 8.80. The lowest BCUT2D eigenvalue weighted by Gasteiger charge is -2.30. The van der Waals surface area contributed by atoms with Crippen molar-refractivity contribution in [3.63, 3.8) is 0 Å². The fraction of sp³-hybridized carbons (Fsp3) is 0.400. The third-order valence-corrected chi connectivity index (χ3v) is 8.50. The van der Waals surface area contributed by atoms with E-state index in [9.17, 15) is 4.79 Å². The number of imidazole rings is 2. The lowest BCUT2D eigenvalue weighted by Crippen LogP contribution is -2.49. The summed E-state index contributed by atoms with van der Waals surface area (Å²) in [5, 5.41) is 3.48. The van der Waals surface area contributed by atoms with Crippen LogP contribution in [0.5, 0.6) is 0 Å². The first-order valence-electron chi connectivity index (χ1n) is 15.7. The Balaban J connectivity index is 1.08. The fourth-order valence-electron chi connectivity index (χ4n) is 5.99. The molecule has 2 aliphatic heterocycles. The molecule has 10 nitrogen and oxygen atoms in total. The number of aromatic amines is 2. The highest BCUT2D eigenvalue weighted by Gasteiger charge is 2.36. The third kappa shape index (κ3) is 7.18. The minimum Gasteiger partial charge on any atom is -0.357 e. The van der Waals surface area contributed by atoms with Crippen LogP contribution >= 0.6 is 0 Å². The quantitative estimate of drug-likeness (QED) is 0.0857. The van der Waals surface area contributed by atoms with Crippen LogP contribution in [0.4, 0.5) is 0 Å². The van der Waals surface area contributed by atoms with E-state index < -0.39 is 6.04 Å². The Morgan fingerprint density at radius 1 is 0.933 bits per heavy atom. The Morgan fingerprint density at radius 3 is 2.13 bits per heavy atom. The van der Waals surface area contributed by atoms with E-state index >= 15 is 0 Å². The van der Waals surface area contributed by atoms with Crippen molar-refractivity contribution in [3.05, 3.63) is 83.7 Å². The summed E-state index contributed by atoms with van der Waals surface area (Å²) in [6.07, 6.45) is 7.84.